The molecule has 5 rings (SSSR count). The highest BCUT2D eigenvalue weighted by Crippen LogP contribution is 2.11. The standard InChI is InChI=1S/C34H50N8.8BrH.4H2O/c1-3-31-11-15-35-19-23-41(24-20-36-16-12-32(4-1)39-31)27-29-7-9-30(10-8-29)28-42-25-21-37-17-13-33-5-2-6-34(40-33)14-18-38-22-26-42;;;;;;;;;;;;/h1-10,35-38H,11-28H2;8*1H;4*1H2. The van der Waals surface area contributed by atoms with Crippen molar-refractivity contribution in [2.24, 2.45) is 0 Å². The molecule has 1 aromatic carbocycles. The number of nitrogens with one attached hydrogen (secondary N) is 4. The van der Waals surface area contributed by atoms with Gasteiger partial charge in [-0.15, -0.1) is 136 Å². The summed E-state index contributed by atoms with van der Waals surface area (Å²) in [5, 5.41) is 14.5. The van der Waals surface area contributed by atoms with E-state index in [0.29, 0.717) is 0 Å². The molecule has 12 N–H and O–H groups in total. The fraction of sp³-hybridized carbons (Fsp3) is 0.529. The SMILES string of the molecule is Br.Br.Br.Br.Br.Br.Br.Br.O.O.O.O.c1cc2nc(c1)CCNCCN(Cc1ccc(CN3CCNCCc4cccc(n4)CCNCC3)cc1)CCNCC2. The van der Waals surface area contributed by atoms with Crippen LogP contribution in [0.1, 0.15) is 33.9 Å². The van der Waals surface area contributed by atoms with Crippen molar-refractivity contribution in [3.63, 3.8) is 0 Å². The number of pyridine rings is 2. The molecular weight excluding hydrogens is 1220 g/mol. The maximum atomic E-state index is 4.81. The van der Waals surface area contributed by atoms with Gasteiger partial charge in [-0.25, -0.2) is 0 Å². The molecule has 322 valence electrons. The molecule has 12 nitrogen and oxygen atoms in total. The summed E-state index contributed by atoms with van der Waals surface area (Å²) in [5.41, 5.74) is 7.53. The second-order valence-electron chi connectivity index (χ2n) is 11.6. The smallest absolute Gasteiger partial charge is 0.0419 e. The minimum atomic E-state index is 0. The Morgan fingerprint density at radius 1 is 0.370 bits per heavy atom. The number of halogens is 8. The lowest BCUT2D eigenvalue weighted by molar-refractivity contribution is 0.262. The van der Waals surface area contributed by atoms with E-state index < -0.39 is 0 Å². The summed E-state index contributed by atoms with van der Waals surface area (Å²) in [6.07, 6.45) is 3.93. The molecule has 2 aromatic heterocycles. The molecule has 4 heterocycles. The predicted molar refractivity (Wildman–Crippen MR) is 269 cm³/mol. The number of benzene rings is 1. The molecular formula is C34H66Br8N8O4. The van der Waals surface area contributed by atoms with Crippen molar-refractivity contribution in [2.75, 3.05) is 78.5 Å². The van der Waals surface area contributed by atoms with Gasteiger partial charge in [0.1, 0.15) is 0 Å². The molecule has 0 atom stereocenters. The fourth-order valence-corrected chi connectivity index (χ4v) is 5.74. The highest BCUT2D eigenvalue weighted by atomic mass is 79.9. The van der Waals surface area contributed by atoms with Crippen LogP contribution in [-0.4, -0.2) is 120 Å². The Kier molecular flexibility index (Phi) is 58.5. The van der Waals surface area contributed by atoms with Gasteiger partial charge in [0.25, 0.3) is 0 Å². The summed E-state index contributed by atoms with van der Waals surface area (Å²) in [6.45, 7) is 14.1. The van der Waals surface area contributed by atoms with E-state index in [0.717, 1.165) is 117 Å². The zero-order valence-corrected chi connectivity index (χ0v) is 44.3. The second kappa shape index (κ2) is 43.5. The van der Waals surface area contributed by atoms with Gasteiger partial charge in [0.15, 0.2) is 0 Å². The second-order valence-corrected chi connectivity index (χ2v) is 11.6. The number of rotatable bonds is 4. The molecule has 0 amide bonds. The lowest BCUT2D eigenvalue weighted by Gasteiger charge is -2.25. The minimum Gasteiger partial charge on any atom is -0.412 e. The van der Waals surface area contributed by atoms with E-state index in [1.807, 2.05) is 0 Å². The Bertz CT molecular complexity index is 1090. The maximum absolute atomic E-state index is 4.81. The molecule has 0 saturated heterocycles. The van der Waals surface area contributed by atoms with Crippen LogP contribution in [0.5, 0.6) is 0 Å². The summed E-state index contributed by atoms with van der Waals surface area (Å²) >= 11 is 0. The first-order valence-corrected chi connectivity index (χ1v) is 16.1. The zero-order valence-electron chi connectivity index (χ0n) is 30.6. The summed E-state index contributed by atoms with van der Waals surface area (Å²) in [4.78, 5) is 14.8. The van der Waals surface area contributed by atoms with E-state index in [-0.39, 0.29) is 158 Å². The van der Waals surface area contributed by atoms with Gasteiger partial charge in [0.2, 0.25) is 0 Å². The van der Waals surface area contributed by atoms with Crippen molar-refractivity contribution in [3.8, 4) is 0 Å². The van der Waals surface area contributed by atoms with E-state index in [1.54, 1.807) is 0 Å². The molecule has 0 unspecified atom stereocenters. The quantitative estimate of drug-likeness (QED) is 0.304. The first-order chi connectivity index (χ1) is 20.8. The van der Waals surface area contributed by atoms with Gasteiger partial charge in [-0.1, -0.05) is 36.4 Å². The highest BCUT2D eigenvalue weighted by Gasteiger charge is 2.10. The van der Waals surface area contributed by atoms with Crippen LogP contribution in [0.25, 0.3) is 0 Å². The lowest BCUT2D eigenvalue weighted by Crippen LogP contribution is -2.38. The van der Waals surface area contributed by atoms with Gasteiger partial charge in [-0.2, -0.15) is 0 Å². The van der Waals surface area contributed by atoms with Crippen LogP contribution in [0.2, 0.25) is 0 Å². The number of hydrogen-bond acceptors (Lipinski definition) is 8. The Balaban J connectivity index is -0.000000294. The summed E-state index contributed by atoms with van der Waals surface area (Å²) in [7, 11) is 0. The largest absolute Gasteiger partial charge is 0.412 e. The Labute approximate surface area is 406 Å². The molecule has 0 aliphatic carbocycles. The highest BCUT2D eigenvalue weighted by molar-refractivity contribution is 8.93. The maximum Gasteiger partial charge on any atom is 0.0419 e. The molecule has 0 spiro atoms. The average Bonchev–Trinajstić information content (AvgIpc) is 3.00. The van der Waals surface area contributed by atoms with Crippen LogP contribution < -0.4 is 21.3 Å². The van der Waals surface area contributed by atoms with Gasteiger partial charge < -0.3 is 43.2 Å². The van der Waals surface area contributed by atoms with Crippen molar-refractivity contribution < 1.29 is 21.9 Å². The van der Waals surface area contributed by atoms with Crippen LogP contribution in [0, 0.1) is 0 Å². The van der Waals surface area contributed by atoms with Crippen molar-refractivity contribution in [1.82, 2.24) is 41.0 Å². The van der Waals surface area contributed by atoms with Gasteiger partial charge in [-0.05, 0) is 35.4 Å². The minimum absolute atomic E-state index is 0. The van der Waals surface area contributed by atoms with E-state index in [9.17, 15) is 0 Å². The molecule has 54 heavy (non-hydrogen) atoms. The fourth-order valence-electron chi connectivity index (χ4n) is 5.74. The third-order valence-electron chi connectivity index (χ3n) is 8.22. The van der Waals surface area contributed by atoms with Crippen molar-refractivity contribution in [1.29, 1.82) is 0 Å². The first kappa shape index (κ1) is 72.6. The van der Waals surface area contributed by atoms with E-state index >= 15 is 0 Å². The molecule has 4 bridgehead atoms. The number of nitrogens with zero attached hydrogens (tertiary/aromatic N) is 4. The Morgan fingerprint density at radius 2 is 0.611 bits per heavy atom. The first-order valence-electron chi connectivity index (χ1n) is 16.1. The van der Waals surface area contributed by atoms with Crippen molar-refractivity contribution >= 4 is 136 Å². The predicted octanol–water partition coefficient (Wildman–Crippen LogP) is 3.36. The molecule has 2 aliphatic heterocycles. The Hall–Kier alpha value is 0.960. The topological polar surface area (TPSA) is 206 Å². The number of hydrogen-bond donors (Lipinski definition) is 4. The van der Waals surface area contributed by atoms with Gasteiger partial charge in [-0.3, -0.25) is 19.8 Å². The normalized spacial score (nSPS) is 15.1. The third kappa shape index (κ3) is 28.4. The average molecular weight is 1290 g/mol. The van der Waals surface area contributed by atoms with Crippen LogP contribution >= 0.6 is 136 Å². The Morgan fingerprint density at radius 3 is 0.852 bits per heavy atom. The van der Waals surface area contributed by atoms with Crippen LogP contribution in [0.4, 0.5) is 0 Å². The van der Waals surface area contributed by atoms with Crippen LogP contribution in [-0.2, 0) is 38.8 Å². The lowest BCUT2D eigenvalue weighted by atomic mass is 10.1. The van der Waals surface area contributed by atoms with E-state index in [4.69, 9.17) is 9.97 Å². The van der Waals surface area contributed by atoms with Gasteiger partial charge in [0.05, 0.1) is 0 Å². The van der Waals surface area contributed by atoms with Crippen molar-refractivity contribution in [3.05, 3.63) is 94.6 Å². The van der Waals surface area contributed by atoms with Crippen LogP contribution in [0.15, 0.2) is 60.7 Å². The van der Waals surface area contributed by atoms with Crippen LogP contribution in [0.3, 0.4) is 0 Å². The molecule has 20 heteroatoms. The molecule has 0 fully saturated rings. The summed E-state index contributed by atoms with van der Waals surface area (Å²) < 4.78 is 0. The van der Waals surface area contributed by atoms with Gasteiger partial charge >= 0.3 is 0 Å². The van der Waals surface area contributed by atoms with Gasteiger partial charge in [0, 0.05) is 140 Å². The molecule has 0 radical (unpaired) electrons. The third-order valence-corrected chi connectivity index (χ3v) is 8.22. The number of aromatic nitrogens is 2. The van der Waals surface area contributed by atoms with E-state index in [1.165, 1.54) is 33.9 Å². The molecule has 3 aromatic rings. The molecule has 2 aliphatic rings. The number of fused-ring (bicyclic) bond motifs is 4. The van der Waals surface area contributed by atoms with Crippen molar-refractivity contribution in [2.45, 2.75) is 38.8 Å². The summed E-state index contributed by atoms with van der Waals surface area (Å²) in [5.74, 6) is 0. The monoisotopic (exact) mass is 1280 g/mol. The van der Waals surface area contributed by atoms with E-state index in [2.05, 4.69) is 91.7 Å². The molecule has 0 saturated carbocycles. The summed E-state index contributed by atoms with van der Waals surface area (Å²) in [6, 6.07) is 22.2. The zero-order chi connectivity index (χ0) is 28.7.